The highest BCUT2D eigenvalue weighted by Crippen LogP contribution is 2.19. The number of benzene rings is 2. The van der Waals surface area contributed by atoms with E-state index in [1.807, 2.05) is 31.2 Å². The van der Waals surface area contributed by atoms with E-state index in [0.29, 0.717) is 30.1 Å². The fraction of sp³-hybridized carbons (Fsp3) is 0.263. The van der Waals surface area contributed by atoms with Gasteiger partial charge in [0.15, 0.2) is 0 Å². The number of ether oxygens (including phenoxy) is 1. The molecule has 0 spiro atoms. The van der Waals surface area contributed by atoms with Crippen LogP contribution in [-0.4, -0.2) is 21.6 Å². The van der Waals surface area contributed by atoms with Crippen LogP contribution in [0, 0.1) is 10.1 Å². The average molecular weight is 353 g/mol. The summed E-state index contributed by atoms with van der Waals surface area (Å²) in [6.45, 7) is 2.35. The Labute approximate surface area is 150 Å². The summed E-state index contributed by atoms with van der Waals surface area (Å²) in [5.41, 5.74) is 0.985. The maximum atomic E-state index is 13.0. The molecular weight excluding hydrogens is 334 g/mol. The summed E-state index contributed by atoms with van der Waals surface area (Å²) in [5, 5.41) is 11.3. The summed E-state index contributed by atoms with van der Waals surface area (Å²) >= 11 is 0. The minimum atomic E-state index is -0.509. The number of fused-ring (bicyclic) bond motifs is 1. The second kappa shape index (κ2) is 7.35. The minimum absolute atomic E-state index is 0.118. The fourth-order valence-corrected chi connectivity index (χ4v) is 2.90. The quantitative estimate of drug-likeness (QED) is 0.501. The van der Waals surface area contributed by atoms with E-state index in [9.17, 15) is 14.9 Å². The van der Waals surface area contributed by atoms with Crippen LogP contribution in [0.5, 0.6) is 5.75 Å². The van der Waals surface area contributed by atoms with Crippen LogP contribution in [0.15, 0.2) is 47.3 Å². The van der Waals surface area contributed by atoms with Crippen molar-refractivity contribution in [3.8, 4) is 5.75 Å². The molecule has 0 amide bonds. The summed E-state index contributed by atoms with van der Waals surface area (Å²) in [6.07, 6.45) is 1.48. The van der Waals surface area contributed by atoms with Gasteiger partial charge in [-0.3, -0.25) is 19.5 Å². The van der Waals surface area contributed by atoms with E-state index in [0.717, 1.165) is 12.0 Å². The van der Waals surface area contributed by atoms with Crippen LogP contribution in [0.25, 0.3) is 10.9 Å². The van der Waals surface area contributed by atoms with E-state index in [2.05, 4.69) is 4.98 Å². The second-order valence-electron chi connectivity index (χ2n) is 5.98. The second-order valence-corrected chi connectivity index (χ2v) is 5.98. The lowest BCUT2D eigenvalue weighted by atomic mass is 10.1. The zero-order valence-corrected chi connectivity index (χ0v) is 14.6. The number of non-ortho nitro benzene ring substituents is 1. The van der Waals surface area contributed by atoms with Crippen molar-refractivity contribution in [1.29, 1.82) is 0 Å². The van der Waals surface area contributed by atoms with Crippen molar-refractivity contribution < 1.29 is 9.66 Å². The number of nitro groups is 1. The lowest BCUT2D eigenvalue weighted by Gasteiger charge is -2.14. The summed E-state index contributed by atoms with van der Waals surface area (Å²) in [4.78, 5) is 28.1. The van der Waals surface area contributed by atoms with Crippen molar-refractivity contribution in [2.45, 2.75) is 26.3 Å². The van der Waals surface area contributed by atoms with Crippen LogP contribution in [0.1, 0.15) is 24.7 Å². The monoisotopic (exact) mass is 353 g/mol. The average Bonchev–Trinajstić information content (AvgIpc) is 2.65. The minimum Gasteiger partial charge on any atom is -0.497 e. The van der Waals surface area contributed by atoms with Gasteiger partial charge in [0.25, 0.3) is 11.2 Å². The molecule has 0 saturated heterocycles. The highest BCUT2D eigenvalue weighted by molar-refractivity contribution is 5.80. The number of rotatable bonds is 6. The first kappa shape index (κ1) is 17.6. The zero-order chi connectivity index (χ0) is 18.7. The van der Waals surface area contributed by atoms with Crippen molar-refractivity contribution in [2.75, 3.05) is 7.11 Å². The van der Waals surface area contributed by atoms with Gasteiger partial charge in [0, 0.05) is 18.6 Å². The molecule has 3 aromatic rings. The smallest absolute Gasteiger partial charge is 0.270 e. The van der Waals surface area contributed by atoms with Gasteiger partial charge in [-0.15, -0.1) is 0 Å². The molecule has 7 heteroatoms. The predicted molar refractivity (Wildman–Crippen MR) is 98.7 cm³/mol. The summed E-state index contributed by atoms with van der Waals surface area (Å²) in [7, 11) is 1.59. The topological polar surface area (TPSA) is 87.3 Å². The third-order valence-corrected chi connectivity index (χ3v) is 4.18. The molecule has 0 aliphatic carbocycles. The summed E-state index contributed by atoms with van der Waals surface area (Å²) < 4.78 is 6.82. The van der Waals surface area contributed by atoms with Crippen LogP contribution in [0.2, 0.25) is 0 Å². The van der Waals surface area contributed by atoms with Crippen molar-refractivity contribution >= 4 is 16.6 Å². The lowest BCUT2D eigenvalue weighted by molar-refractivity contribution is -0.384. The SMILES string of the molecule is CCCc1nc2ccc([N+](=O)[O-])cc2c(=O)n1Cc1cccc(OC)c1. The predicted octanol–water partition coefficient (Wildman–Crippen LogP) is 3.31. The third kappa shape index (κ3) is 3.42. The van der Waals surface area contributed by atoms with Crippen LogP contribution < -0.4 is 10.3 Å². The molecule has 7 nitrogen and oxygen atoms in total. The summed E-state index contributed by atoms with van der Waals surface area (Å²) in [6, 6.07) is 11.7. The third-order valence-electron chi connectivity index (χ3n) is 4.18. The molecule has 1 heterocycles. The van der Waals surface area contributed by atoms with Crippen molar-refractivity contribution in [3.63, 3.8) is 0 Å². The van der Waals surface area contributed by atoms with Gasteiger partial charge in [0.1, 0.15) is 11.6 Å². The first-order chi connectivity index (χ1) is 12.5. The Balaban J connectivity index is 2.17. The molecule has 0 saturated carbocycles. The van der Waals surface area contributed by atoms with E-state index in [4.69, 9.17) is 4.74 Å². The van der Waals surface area contributed by atoms with E-state index in [-0.39, 0.29) is 16.6 Å². The van der Waals surface area contributed by atoms with Crippen LogP contribution in [0.3, 0.4) is 0 Å². The standard InChI is InChI=1S/C19H19N3O4/c1-3-5-18-20-17-9-8-14(22(24)25)11-16(17)19(23)21(18)12-13-6-4-7-15(10-13)26-2/h4,6-11H,3,5,12H2,1-2H3. The number of aromatic nitrogens is 2. The molecular formula is C19H19N3O4. The molecule has 0 N–H and O–H groups in total. The number of nitrogens with zero attached hydrogens (tertiary/aromatic N) is 3. The molecule has 0 unspecified atom stereocenters. The Morgan fingerprint density at radius 2 is 2.04 bits per heavy atom. The molecule has 0 aliphatic heterocycles. The van der Waals surface area contributed by atoms with Gasteiger partial charge in [-0.2, -0.15) is 0 Å². The molecule has 3 rings (SSSR count). The van der Waals surface area contributed by atoms with Crippen molar-refractivity contribution in [3.05, 3.63) is 74.3 Å². The fourth-order valence-electron chi connectivity index (χ4n) is 2.90. The van der Waals surface area contributed by atoms with Gasteiger partial charge in [0.05, 0.1) is 29.5 Å². The van der Waals surface area contributed by atoms with Crippen molar-refractivity contribution in [1.82, 2.24) is 9.55 Å². The Morgan fingerprint density at radius 3 is 2.73 bits per heavy atom. The maximum absolute atomic E-state index is 13.0. The number of hydrogen-bond acceptors (Lipinski definition) is 5. The first-order valence-corrected chi connectivity index (χ1v) is 8.34. The maximum Gasteiger partial charge on any atom is 0.270 e. The Kier molecular flexibility index (Phi) is 4.97. The van der Waals surface area contributed by atoms with Gasteiger partial charge in [-0.25, -0.2) is 4.98 Å². The summed E-state index contributed by atoms with van der Waals surface area (Å²) in [5.74, 6) is 1.37. The Morgan fingerprint density at radius 1 is 1.23 bits per heavy atom. The van der Waals surface area contributed by atoms with Gasteiger partial charge in [-0.1, -0.05) is 19.1 Å². The van der Waals surface area contributed by atoms with E-state index >= 15 is 0 Å². The normalized spacial score (nSPS) is 10.8. The van der Waals surface area contributed by atoms with Gasteiger partial charge >= 0.3 is 0 Å². The van der Waals surface area contributed by atoms with Gasteiger partial charge < -0.3 is 4.74 Å². The van der Waals surface area contributed by atoms with Crippen LogP contribution in [0.4, 0.5) is 5.69 Å². The molecule has 1 aromatic heterocycles. The van der Waals surface area contributed by atoms with E-state index in [1.165, 1.54) is 18.2 Å². The first-order valence-electron chi connectivity index (χ1n) is 8.34. The number of nitro benzene ring substituents is 1. The van der Waals surface area contributed by atoms with Gasteiger partial charge in [0.2, 0.25) is 0 Å². The highest BCUT2D eigenvalue weighted by atomic mass is 16.6. The van der Waals surface area contributed by atoms with Crippen molar-refractivity contribution in [2.24, 2.45) is 0 Å². The Hall–Kier alpha value is -3.22. The highest BCUT2D eigenvalue weighted by Gasteiger charge is 2.15. The largest absolute Gasteiger partial charge is 0.497 e. The molecule has 26 heavy (non-hydrogen) atoms. The molecule has 0 radical (unpaired) electrons. The molecule has 0 aliphatic rings. The molecule has 2 aromatic carbocycles. The zero-order valence-electron chi connectivity index (χ0n) is 14.6. The van der Waals surface area contributed by atoms with E-state index < -0.39 is 4.92 Å². The van der Waals surface area contributed by atoms with Crippen LogP contribution >= 0.6 is 0 Å². The number of hydrogen-bond donors (Lipinski definition) is 0. The van der Waals surface area contributed by atoms with Gasteiger partial charge in [-0.05, 0) is 30.2 Å². The number of aryl methyl sites for hydroxylation is 1. The van der Waals surface area contributed by atoms with Crippen LogP contribution in [-0.2, 0) is 13.0 Å². The lowest BCUT2D eigenvalue weighted by Crippen LogP contribution is -2.26. The Bertz CT molecular complexity index is 1030. The van der Waals surface area contributed by atoms with E-state index in [1.54, 1.807) is 11.7 Å². The number of methoxy groups -OCH3 is 1. The molecule has 0 bridgehead atoms. The molecule has 0 fully saturated rings. The molecule has 0 atom stereocenters. The molecule has 134 valence electrons.